The standard InChI is InChI=1S/C20H24ClN5O/c1-12-6-14(13-2-4-26(5-3-13)15-8-22-9-15)7-17-18(12)27-10-16-19(21)23-11-24-20(16)25-17/h6-7,11,13,15,22H,2-5,8-10H2,1H3,(H,23,24,25). The lowest BCUT2D eigenvalue weighted by molar-refractivity contribution is 0.113. The van der Waals surface area contributed by atoms with Crippen LogP contribution in [0.15, 0.2) is 18.5 Å². The number of hydrogen-bond donors (Lipinski definition) is 2. The van der Waals surface area contributed by atoms with E-state index in [0.717, 1.165) is 47.5 Å². The maximum atomic E-state index is 6.23. The van der Waals surface area contributed by atoms with E-state index in [1.54, 1.807) is 0 Å². The first-order chi connectivity index (χ1) is 13.2. The summed E-state index contributed by atoms with van der Waals surface area (Å²) in [5, 5.41) is 7.25. The molecule has 27 heavy (non-hydrogen) atoms. The lowest BCUT2D eigenvalue weighted by Crippen LogP contribution is -2.58. The number of piperidine rings is 1. The summed E-state index contributed by atoms with van der Waals surface area (Å²) in [6.45, 7) is 7.15. The van der Waals surface area contributed by atoms with Crippen LogP contribution in [0.1, 0.15) is 35.4 Å². The number of aromatic nitrogens is 2. The summed E-state index contributed by atoms with van der Waals surface area (Å²) in [5.41, 5.74) is 4.32. The smallest absolute Gasteiger partial charge is 0.146 e. The van der Waals surface area contributed by atoms with Crippen LogP contribution >= 0.6 is 11.6 Å². The molecule has 2 fully saturated rings. The number of rotatable bonds is 2. The van der Waals surface area contributed by atoms with Gasteiger partial charge in [-0.1, -0.05) is 17.7 Å². The summed E-state index contributed by atoms with van der Waals surface area (Å²) in [5.74, 6) is 2.21. The summed E-state index contributed by atoms with van der Waals surface area (Å²) in [6.07, 6.45) is 3.90. The highest BCUT2D eigenvalue weighted by atomic mass is 35.5. The first-order valence-electron chi connectivity index (χ1n) is 9.67. The fourth-order valence-corrected chi connectivity index (χ4v) is 4.54. The zero-order chi connectivity index (χ0) is 18.4. The van der Waals surface area contributed by atoms with Crippen LogP contribution in [0.25, 0.3) is 0 Å². The molecule has 4 heterocycles. The number of fused-ring (bicyclic) bond motifs is 2. The minimum atomic E-state index is 0.378. The van der Waals surface area contributed by atoms with Gasteiger partial charge in [-0.15, -0.1) is 0 Å². The van der Waals surface area contributed by atoms with Crippen molar-refractivity contribution in [2.24, 2.45) is 0 Å². The van der Waals surface area contributed by atoms with Crippen molar-refractivity contribution in [2.45, 2.75) is 38.3 Å². The predicted molar refractivity (Wildman–Crippen MR) is 106 cm³/mol. The van der Waals surface area contributed by atoms with Crippen LogP contribution in [0.2, 0.25) is 5.15 Å². The molecule has 0 radical (unpaired) electrons. The van der Waals surface area contributed by atoms with Crippen molar-refractivity contribution in [3.63, 3.8) is 0 Å². The molecule has 0 spiro atoms. The number of nitrogens with one attached hydrogen (secondary N) is 2. The number of likely N-dealkylation sites (tertiary alicyclic amines) is 1. The Morgan fingerprint density at radius 2 is 2.00 bits per heavy atom. The van der Waals surface area contributed by atoms with Gasteiger partial charge in [-0.2, -0.15) is 0 Å². The zero-order valence-corrected chi connectivity index (χ0v) is 16.2. The Kier molecular flexibility index (Phi) is 4.42. The van der Waals surface area contributed by atoms with Gasteiger partial charge in [0.1, 0.15) is 29.7 Å². The van der Waals surface area contributed by atoms with Crippen molar-refractivity contribution >= 4 is 23.1 Å². The molecule has 0 amide bonds. The maximum absolute atomic E-state index is 6.23. The monoisotopic (exact) mass is 385 g/mol. The van der Waals surface area contributed by atoms with Crippen LogP contribution in [0, 0.1) is 6.92 Å². The molecular weight excluding hydrogens is 362 g/mol. The minimum absolute atomic E-state index is 0.378. The van der Waals surface area contributed by atoms with Crippen molar-refractivity contribution < 1.29 is 4.74 Å². The fraction of sp³-hybridized carbons (Fsp3) is 0.500. The first-order valence-corrected chi connectivity index (χ1v) is 10.1. The van der Waals surface area contributed by atoms with Crippen LogP contribution < -0.4 is 15.4 Å². The van der Waals surface area contributed by atoms with Gasteiger partial charge in [-0.3, -0.25) is 4.90 Å². The van der Waals surface area contributed by atoms with E-state index in [-0.39, 0.29) is 0 Å². The Labute approximate surface area is 164 Å². The number of hydrogen-bond acceptors (Lipinski definition) is 6. The molecule has 7 heteroatoms. The number of nitrogens with zero attached hydrogens (tertiary/aromatic N) is 3. The van der Waals surface area contributed by atoms with E-state index in [9.17, 15) is 0 Å². The second-order valence-corrected chi connectivity index (χ2v) is 8.10. The van der Waals surface area contributed by atoms with Crippen molar-refractivity contribution in [2.75, 3.05) is 31.5 Å². The van der Waals surface area contributed by atoms with Gasteiger partial charge in [-0.05, 0) is 56.0 Å². The van der Waals surface area contributed by atoms with Gasteiger partial charge in [0.25, 0.3) is 0 Å². The quantitative estimate of drug-likeness (QED) is 0.774. The average molecular weight is 386 g/mol. The minimum Gasteiger partial charge on any atom is -0.486 e. The van der Waals surface area contributed by atoms with Crippen molar-refractivity contribution in [3.8, 4) is 5.75 Å². The normalized spacial score (nSPS) is 20.7. The summed E-state index contributed by atoms with van der Waals surface area (Å²) in [7, 11) is 0. The number of ether oxygens (including phenoxy) is 1. The highest BCUT2D eigenvalue weighted by Crippen LogP contribution is 2.41. The molecule has 3 aliphatic heterocycles. The van der Waals surface area contributed by atoms with Crippen LogP contribution in [0.5, 0.6) is 5.75 Å². The van der Waals surface area contributed by atoms with Crippen LogP contribution in [-0.4, -0.2) is 47.1 Å². The number of anilines is 2. The average Bonchev–Trinajstić information content (AvgIpc) is 2.81. The number of benzene rings is 1. The third kappa shape index (κ3) is 3.16. The Bertz CT molecular complexity index is 862. The molecule has 3 aliphatic rings. The van der Waals surface area contributed by atoms with Crippen LogP contribution in [0.4, 0.5) is 11.5 Å². The molecule has 0 unspecified atom stereocenters. The molecule has 0 saturated carbocycles. The second-order valence-electron chi connectivity index (χ2n) is 7.74. The Balaban J connectivity index is 1.40. The fourth-order valence-electron chi connectivity index (χ4n) is 4.35. The number of halogens is 1. The third-order valence-electron chi connectivity index (χ3n) is 6.08. The van der Waals surface area contributed by atoms with Gasteiger partial charge in [-0.25, -0.2) is 9.97 Å². The molecule has 0 bridgehead atoms. The molecule has 1 aromatic heterocycles. The van der Waals surface area contributed by atoms with E-state index in [1.807, 2.05) is 0 Å². The van der Waals surface area contributed by atoms with E-state index in [4.69, 9.17) is 16.3 Å². The Morgan fingerprint density at radius 1 is 1.19 bits per heavy atom. The van der Waals surface area contributed by atoms with E-state index in [1.165, 1.54) is 37.8 Å². The number of aryl methyl sites for hydroxylation is 1. The van der Waals surface area contributed by atoms with Crippen molar-refractivity contribution in [3.05, 3.63) is 40.3 Å². The molecule has 0 atom stereocenters. The topological polar surface area (TPSA) is 62.3 Å². The van der Waals surface area contributed by atoms with Crippen molar-refractivity contribution in [1.29, 1.82) is 0 Å². The highest BCUT2D eigenvalue weighted by Gasteiger charge is 2.30. The Morgan fingerprint density at radius 3 is 2.74 bits per heavy atom. The maximum Gasteiger partial charge on any atom is 0.146 e. The lowest BCUT2D eigenvalue weighted by atomic mass is 9.87. The van der Waals surface area contributed by atoms with Gasteiger partial charge in [0.15, 0.2) is 0 Å². The van der Waals surface area contributed by atoms with Crippen LogP contribution in [-0.2, 0) is 6.61 Å². The predicted octanol–water partition coefficient (Wildman–Crippen LogP) is 3.23. The van der Waals surface area contributed by atoms with E-state index in [0.29, 0.717) is 17.7 Å². The lowest BCUT2D eigenvalue weighted by Gasteiger charge is -2.42. The van der Waals surface area contributed by atoms with E-state index >= 15 is 0 Å². The molecule has 6 nitrogen and oxygen atoms in total. The van der Waals surface area contributed by atoms with E-state index < -0.39 is 0 Å². The first kappa shape index (κ1) is 17.2. The highest BCUT2D eigenvalue weighted by molar-refractivity contribution is 6.30. The Hall–Kier alpha value is -1.89. The molecule has 2 saturated heterocycles. The van der Waals surface area contributed by atoms with Gasteiger partial charge in [0, 0.05) is 19.1 Å². The van der Waals surface area contributed by atoms with Gasteiger partial charge in [0.05, 0.1) is 11.3 Å². The largest absolute Gasteiger partial charge is 0.486 e. The summed E-state index contributed by atoms with van der Waals surface area (Å²) >= 11 is 6.23. The van der Waals surface area contributed by atoms with Gasteiger partial charge >= 0.3 is 0 Å². The third-order valence-corrected chi connectivity index (χ3v) is 6.41. The molecule has 5 rings (SSSR count). The second kappa shape index (κ2) is 6.93. The SMILES string of the molecule is Cc1cc(C2CCN(C3CNC3)CC2)cc2c1OCc1c(Cl)ncnc1N2. The van der Waals surface area contributed by atoms with Crippen molar-refractivity contribution in [1.82, 2.24) is 20.2 Å². The van der Waals surface area contributed by atoms with Crippen LogP contribution in [0.3, 0.4) is 0 Å². The van der Waals surface area contributed by atoms with Gasteiger partial charge < -0.3 is 15.4 Å². The molecule has 0 aliphatic carbocycles. The summed E-state index contributed by atoms with van der Waals surface area (Å²) < 4.78 is 6.06. The zero-order valence-electron chi connectivity index (χ0n) is 15.5. The molecule has 142 valence electrons. The molecular formula is C20H24ClN5O. The molecule has 1 aromatic carbocycles. The summed E-state index contributed by atoms with van der Waals surface area (Å²) in [6, 6.07) is 5.27. The van der Waals surface area contributed by atoms with Gasteiger partial charge in [0.2, 0.25) is 0 Å². The molecule has 2 N–H and O–H groups in total. The summed E-state index contributed by atoms with van der Waals surface area (Å²) in [4.78, 5) is 11.1. The molecule has 2 aromatic rings. The van der Waals surface area contributed by atoms with E-state index in [2.05, 4.69) is 44.6 Å².